The van der Waals surface area contributed by atoms with Gasteiger partial charge in [0.15, 0.2) is 0 Å². The lowest BCUT2D eigenvalue weighted by Gasteiger charge is -2.25. The van der Waals surface area contributed by atoms with Crippen molar-refractivity contribution >= 4 is 0 Å². The second-order valence-electron chi connectivity index (χ2n) is 3.45. The first-order valence-electron chi connectivity index (χ1n) is 4.77. The van der Waals surface area contributed by atoms with Gasteiger partial charge in [0.25, 0.3) is 0 Å². The second kappa shape index (κ2) is 4.07. The second-order valence-corrected chi connectivity index (χ2v) is 3.45. The molecule has 0 spiro atoms. The molecule has 2 heteroatoms. The number of hydrogen-bond donors (Lipinski definition) is 1. The Labute approximate surface area is 69.8 Å². The number of hydrogen-bond acceptors (Lipinski definition) is 2. The van der Waals surface area contributed by atoms with E-state index in [9.17, 15) is 0 Å². The average Bonchev–Trinajstić information content (AvgIpc) is 2.39. The molecule has 66 valence electrons. The van der Waals surface area contributed by atoms with Crippen LogP contribution in [0.15, 0.2) is 0 Å². The van der Waals surface area contributed by atoms with E-state index in [2.05, 4.69) is 18.7 Å². The molecule has 2 nitrogen and oxygen atoms in total. The summed E-state index contributed by atoms with van der Waals surface area (Å²) >= 11 is 0. The first-order chi connectivity index (χ1) is 5.27. The highest BCUT2D eigenvalue weighted by Gasteiger charge is 2.24. The van der Waals surface area contributed by atoms with Gasteiger partial charge in [-0.1, -0.05) is 13.8 Å². The molecule has 0 aromatic rings. The molecule has 0 aliphatic heterocycles. The van der Waals surface area contributed by atoms with Gasteiger partial charge in [0.05, 0.1) is 0 Å². The molecular formula is C9H20N2. The van der Waals surface area contributed by atoms with E-state index < -0.39 is 0 Å². The van der Waals surface area contributed by atoms with Gasteiger partial charge in [-0.15, -0.1) is 0 Å². The Morgan fingerprint density at radius 1 is 1.27 bits per heavy atom. The molecule has 0 saturated heterocycles. The maximum Gasteiger partial charge on any atom is 0.0110 e. The van der Waals surface area contributed by atoms with E-state index in [0.717, 1.165) is 6.04 Å². The van der Waals surface area contributed by atoms with Crippen LogP contribution >= 0.6 is 0 Å². The summed E-state index contributed by atoms with van der Waals surface area (Å²) in [5.41, 5.74) is 5.85. The Morgan fingerprint density at radius 3 is 2.27 bits per heavy atom. The van der Waals surface area contributed by atoms with Crippen LogP contribution in [0.25, 0.3) is 0 Å². The minimum Gasteiger partial charge on any atom is -0.328 e. The molecule has 1 aliphatic carbocycles. The molecule has 11 heavy (non-hydrogen) atoms. The summed E-state index contributed by atoms with van der Waals surface area (Å²) in [5, 5.41) is 0. The predicted octanol–water partition coefficient (Wildman–Crippen LogP) is 1.21. The Bertz CT molecular complexity index is 110. The van der Waals surface area contributed by atoms with Crippen molar-refractivity contribution in [3.63, 3.8) is 0 Å². The van der Waals surface area contributed by atoms with E-state index in [4.69, 9.17) is 5.73 Å². The summed E-state index contributed by atoms with van der Waals surface area (Å²) in [4.78, 5) is 2.52. The number of nitrogens with zero attached hydrogens (tertiary/aromatic N) is 1. The van der Waals surface area contributed by atoms with Crippen molar-refractivity contribution in [2.24, 2.45) is 5.73 Å². The fourth-order valence-corrected chi connectivity index (χ4v) is 2.06. The molecule has 0 bridgehead atoms. The van der Waals surface area contributed by atoms with Gasteiger partial charge in [-0.05, 0) is 32.4 Å². The van der Waals surface area contributed by atoms with E-state index in [-0.39, 0.29) is 0 Å². The molecule has 0 amide bonds. The average molecular weight is 156 g/mol. The van der Waals surface area contributed by atoms with Crippen LogP contribution in [0.4, 0.5) is 0 Å². The third kappa shape index (κ3) is 2.17. The van der Waals surface area contributed by atoms with E-state index in [0.29, 0.717) is 6.04 Å². The molecule has 1 aliphatic rings. The van der Waals surface area contributed by atoms with Crippen molar-refractivity contribution in [1.82, 2.24) is 4.90 Å². The highest BCUT2D eigenvalue weighted by Crippen LogP contribution is 2.22. The van der Waals surface area contributed by atoms with Crippen molar-refractivity contribution in [3.05, 3.63) is 0 Å². The van der Waals surface area contributed by atoms with Crippen LogP contribution in [0, 0.1) is 0 Å². The normalized spacial score (nSPS) is 31.6. The van der Waals surface area contributed by atoms with Crippen molar-refractivity contribution < 1.29 is 0 Å². The van der Waals surface area contributed by atoms with Crippen LogP contribution < -0.4 is 5.73 Å². The van der Waals surface area contributed by atoms with Gasteiger partial charge in [0.1, 0.15) is 0 Å². The molecule has 0 unspecified atom stereocenters. The van der Waals surface area contributed by atoms with E-state index >= 15 is 0 Å². The lowest BCUT2D eigenvalue weighted by atomic mass is 10.2. The maximum absolute atomic E-state index is 5.85. The van der Waals surface area contributed by atoms with Crippen LogP contribution in [0.2, 0.25) is 0 Å². The zero-order valence-corrected chi connectivity index (χ0v) is 7.71. The summed E-state index contributed by atoms with van der Waals surface area (Å²) in [7, 11) is 0. The van der Waals surface area contributed by atoms with Crippen molar-refractivity contribution in [1.29, 1.82) is 0 Å². The molecule has 0 radical (unpaired) electrons. The predicted molar refractivity (Wildman–Crippen MR) is 48.5 cm³/mol. The fraction of sp³-hybridized carbons (Fsp3) is 1.00. The third-order valence-corrected chi connectivity index (χ3v) is 2.77. The molecule has 1 rings (SSSR count). The minimum absolute atomic E-state index is 0.473. The zero-order chi connectivity index (χ0) is 8.27. The fourth-order valence-electron chi connectivity index (χ4n) is 2.06. The lowest BCUT2D eigenvalue weighted by molar-refractivity contribution is 0.219. The van der Waals surface area contributed by atoms with Crippen LogP contribution in [0.3, 0.4) is 0 Å². The van der Waals surface area contributed by atoms with Gasteiger partial charge in [0.2, 0.25) is 0 Å². The quantitative estimate of drug-likeness (QED) is 0.665. The zero-order valence-electron chi connectivity index (χ0n) is 7.71. The molecule has 0 aromatic carbocycles. The highest BCUT2D eigenvalue weighted by molar-refractivity contribution is 4.83. The van der Waals surface area contributed by atoms with E-state index in [1.54, 1.807) is 0 Å². The topological polar surface area (TPSA) is 29.3 Å². The third-order valence-electron chi connectivity index (χ3n) is 2.77. The standard InChI is InChI=1S/C9H20N2/c1-3-11(4-2)9-6-5-8(10)7-9/h8-9H,3-7,10H2,1-2H3/t8-,9-/m1/s1. The summed E-state index contributed by atoms with van der Waals surface area (Å²) < 4.78 is 0. The largest absolute Gasteiger partial charge is 0.328 e. The van der Waals surface area contributed by atoms with Gasteiger partial charge in [0, 0.05) is 12.1 Å². The monoisotopic (exact) mass is 156 g/mol. The first-order valence-corrected chi connectivity index (χ1v) is 4.77. The lowest BCUT2D eigenvalue weighted by Crippen LogP contribution is -2.34. The van der Waals surface area contributed by atoms with Crippen molar-refractivity contribution in [2.75, 3.05) is 13.1 Å². The van der Waals surface area contributed by atoms with E-state index in [1.165, 1.54) is 32.4 Å². The van der Waals surface area contributed by atoms with Crippen LogP contribution in [-0.2, 0) is 0 Å². The minimum atomic E-state index is 0.473. The summed E-state index contributed by atoms with van der Waals surface area (Å²) in [5.74, 6) is 0. The van der Waals surface area contributed by atoms with Crippen LogP contribution in [0.1, 0.15) is 33.1 Å². The Hall–Kier alpha value is -0.0800. The van der Waals surface area contributed by atoms with Crippen molar-refractivity contribution in [3.8, 4) is 0 Å². The first kappa shape index (κ1) is 9.01. The molecule has 2 N–H and O–H groups in total. The van der Waals surface area contributed by atoms with E-state index in [1.807, 2.05) is 0 Å². The molecule has 1 saturated carbocycles. The van der Waals surface area contributed by atoms with Gasteiger partial charge in [-0.2, -0.15) is 0 Å². The van der Waals surface area contributed by atoms with Gasteiger partial charge in [-0.3, -0.25) is 0 Å². The van der Waals surface area contributed by atoms with Crippen LogP contribution in [0.5, 0.6) is 0 Å². The summed E-state index contributed by atoms with van der Waals surface area (Å²) in [6, 6.07) is 1.25. The molecular weight excluding hydrogens is 136 g/mol. The Balaban J connectivity index is 2.34. The number of rotatable bonds is 3. The molecule has 1 fully saturated rings. The highest BCUT2D eigenvalue weighted by atomic mass is 15.1. The summed E-state index contributed by atoms with van der Waals surface area (Å²) in [6.45, 7) is 6.81. The molecule has 2 atom stereocenters. The smallest absolute Gasteiger partial charge is 0.0110 e. The van der Waals surface area contributed by atoms with Crippen molar-refractivity contribution in [2.45, 2.75) is 45.2 Å². The van der Waals surface area contributed by atoms with Gasteiger partial charge in [-0.25, -0.2) is 0 Å². The maximum atomic E-state index is 5.85. The molecule has 0 aromatic heterocycles. The molecule has 0 heterocycles. The van der Waals surface area contributed by atoms with Gasteiger partial charge < -0.3 is 10.6 Å². The Morgan fingerprint density at radius 2 is 1.91 bits per heavy atom. The van der Waals surface area contributed by atoms with Gasteiger partial charge >= 0.3 is 0 Å². The Kier molecular flexibility index (Phi) is 3.34. The SMILES string of the molecule is CCN(CC)[C@@H]1CC[C@@H](N)C1. The van der Waals surface area contributed by atoms with Crippen LogP contribution in [-0.4, -0.2) is 30.1 Å². The summed E-state index contributed by atoms with van der Waals surface area (Å²) in [6.07, 6.45) is 3.74. The number of nitrogens with two attached hydrogens (primary N) is 1.